The van der Waals surface area contributed by atoms with Crippen LogP contribution in [0.5, 0.6) is 0 Å². The van der Waals surface area contributed by atoms with E-state index in [1.807, 2.05) is 12.1 Å². The van der Waals surface area contributed by atoms with Crippen molar-refractivity contribution < 1.29 is 4.92 Å². The third kappa shape index (κ3) is 4.49. The average Bonchev–Trinajstić information content (AvgIpc) is 2.45. The predicted molar refractivity (Wildman–Crippen MR) is 83.0 cm³/mol. The summed E-state index contributed by atoms with van der Waals surface area (Å²) in [4.78, 5) is 12.9. The summed E-state index contributed by atoms with van der Waals surface area (Å²) < 4.78 is 0. The number of nitro benzene ring substituents is 1. The fraction of sp³-hybridized carbons (Fsp3) is 0.600. The highest BCUT2D eigenvalue weighted by Crippen LogP contribution is 2.25. The minimum absolute atomic E-state index is 0.126. The van der Waals surface area contributed by atoms with Crippen LogP contribution in [0.4, 0.5) is 11.4 Å². The number of hydrogen-bond donors (Lipinski definition) is 1. The summed E-state index contributed by atoms with van der Waals surface area (Å²) >= 11 is 0. The van der Waals surface area contributed by atoms with Crippen molar-refractivity contribution in [2.45, 2.75) is 33.7 Å². The van der Waals surface area contributed by atoms with Crippen molar-refractivity contribution in [3.05, 3.63) is 33.9 Å². The second kappa shape index (κ2) is 7.85. The van der Waals surface area contributed by atoms with Crippen molar-refractivity contribution in [1.82, 2.24) is 4.90 Å². The van der Waals surface area contributed by atoms with Crippen LogP contribution in [0.15, 0.2) is 18.2 Å². The van der Waals surface area contributed by atoms with Crippen LogP contribution in [0.25, 0.3) is 0 Å². The largest absolute Gasteiger partial charge is 0.383 e. The lowest BCUT2D eigenvalue weighted by molar-refractivity contribution is -0.384. The number of nitrogens with one attached hydrogen (secondary N) is 1. The van der Waals surface area contributed by atoms with Crippen LogP contribution in [0.1, 0.15) is 32.8 Å². The topological polar surface area (TPSA) is 58.4 Å². The second-order valence-corrected chi connectivity index (χ2v) is 5.20. The van der Waals surface area contributed by atoms with Crippen LogP contribution in [-0.4, -0.2) is 30.0 Å². The Labute approximate surface area is 121 Å². The van der Waals surface area contributed by atoms with Gasteiger partial charge in [-0.25, -0.2) is 0 Å². The first-order valence-electron chi connectivity index (χ1n) is 7.19. The molecular formula is C15H25N3O2. The first kappa shape index (κ1) is 16.4. The Morgan fingerprint density at radius 3 is 2.60 bits per heavy atom. The number of benzene rings is 1. The van der Waals surface area contributed by atoms with Gasteiger partial charge in [-0.15, -0.1) is 0 Å². The molecule has 0 bridgehead atoms. The molecule has 112 valence electrons. The average molecular weight is 279 g/mol. The van der Waals surface area contributed by atoms with Gasteiger partial charge in [0.1, 0.15) is 5.69 Å². The van der Waals surface area contributed by atoms with Crippen LogP contribution in [0.3, 0.4) is 0 Å². The molecule has 1 rings (SSSR count). The Morgan fingerprint density at radius 1 is 1.40 bits per heavy atom. The molecule has 0 saturated carbocycles. The lowest BCUT2D eigenvalue weighted by Gasteiger charge is -2.24. The zero-order valence-corrected chi connectivity index (χ0v) is 12.8. The number of anilines is 1. The first-order valence-corrected chi connectivity index (χ1v) is 7.19. The molecule has 0 spiro atoms. The van der Waals surface area contributed by atoms with Crippen LogP contribution < -0.4 is 5.32 Å². The summed E-state index contributed by atoms with van der Waals surface area (Å²) in [5, 5.41) is 13.8. The molecule has 0 fully saturated rings. The quantitative estimate of drug-likeness (QED) is 0.584. The van der Waals surface area contributed by atoms with Gasteiger partial charge in [0.2, 0.25) is 0 Å². The summed E-state index contributed by atoms with van der Waals surface area (Å²) in [5.74, 6) is 0.664. The van der Waals surface area contributed by atoms with Crippen molar-refractivity contribution in [2.24, 2.45) is 5.92 Å². The van der Waals surface area contributed by atoms with Gasteiger partial charge in [-0.05, 0) is 24.1 Å². The first-order chi connectivity index (χ1) is 9.51. The standard InChI is InChI=1S/C15H25N3O2/c1-5-12(3)10-17(6-2)11-13-7-8-15(18(19)20)14(9-13)16-4/h7-9,12,16H,5-6,10-11H2,1-4H3. The molecule has 0 aromatic heterocycles. The molecule has 0 aliphatic carbocycles. The third-order valence-electron chi connectivity index (χ3n) is 3.65. The smallest absolute Gasteiger partial charge is 0.292 e. The van der Waals surface area contributed by atoms with Crippen molar-refractivity contribution >= 4 is 11.4 Å². The summed E-state index contributed by atoms with van der Waals surface area (Å²) in [6.45, 7) is 9.45. The molecule has 5 nitrogen and oxygen atoms in total. The summed E-state index contributed by atoms with van der Waals surface area (Å²) in [7, 11) is 1.71. The molecule has 0 aliphatic rings. The van der Waals surface area contributed by atoms with Crippen molar-refractivity contribution in [1.29, 1.82) is 0 Å². The van der Waals surface area contributed by atoms with E-state index >= 15 is 0 Å². The number of hydrogen-bond acceptors (Lipinski definition) is 4. The van der Waals surface area contributed by atoms with Gasteiger partial charge < -0.3 is 5.32 Å². The Hall–Kier alpha value is -1.62. The Morgan fingerprint density at radius 2 is 2.10 bits per heavy atom. The maximum absolute atomic E-state index is 10.9. The van der Waals surface area contributed by atoms with Gasteiger partial charge >= 0.3 is 0 Å². The highest BCUT2D eigenvalue weighted by atomic mass is 16.6. The molecule has 1 atom stereocenters. The normalized spacial score (nSPS) is 12.4. The molecule has 1 N–H and O–H groups in total. The molecular weight excluding hydrogens is 254 g/mol. The summed E-state index contributed by atoms with van der Waals surface area (Å²) in [5.41, 5.74) is 1.80. The molecule has 0 saturated heterocycles. The summed E-state index contributed by atoms with van der Waals surface area (Å²) in [6, 6.07) is 5.30. The molecule has 0 radical (unpaired) electrons. The van der Waals surface area contributed by atoms with E-state index in [4.69, 9.17) is 0 Å². The van der Waals surface area contributed by atoms with Crippen LogP contribution in [-0.2, 0) is 6.54 Å². The SMILES string of the molecule is CCC(C)CN(CC)Cc1ccc([N+](=O)[O-])c(NC)c1. The Kier molecular flexibility index (Phi) is 6.45. The number of rotatable bonds is 8. The van der Waals surface area contributed by atoms with Crippen LogP contribution in [0, 0.1) is 16.0 Å². The molecule has 1 aromatic rings. The predicted octanol–water partition coefficient (Wildman–Crippen LogP) is 3.50. The van der Waals surface area contributed by atoms with Gasteiger partial charge in [0.05, 0.1) is 4.92 Å². The molecule has 0 amide bonds. The fourth-order valence-electron chi connectivity index (χ4n) is 2.17. The zero-order valence-electron chi connectivity index (χ0n) is 12.8. The fourth-order valence-corrected chi connectivity index (χ4v) is 2.17. The van der Waals surface area contributed by atoms with Crippen LogP contribution in [0.2, 0.25) is 0 Å². The highest BCUT2D eigenvalue weighted by Gasteiger charge is 2.14. The van der Waals surface area contributed by atoms with E-state index in [1.54, 1.807) is 13.1 Å². The van der Waals surface area contributed by atoms with Crippen molar-refractivity contribution in [2.75, 3.05) is 25.5 Å². The molecule has 1 aromatic carbocycles. The van der Waals surface area contributed by atoms with E-state index < -0.39 is 0 Å². The van der Waals surface area contributed by atoms with E-state index in [0.717, 1.165) is 25.2 Å². The Balaban J connectivity index is 2.83. The van der Waals surface area contributed by atoms with E-state index in [2.05, 4.69) is 31.0 Å². The van der Waals surface area contributed by atoms with Crippen molar-refractivity contribution in [3.8, 4) is 0 Å². The minimum atomic E-state index is -0.355. The minimum Gasteiger partial charge on any atom is -0.383 e. The summed E-state index contributed by atoms with van der Waals surface area (Å²) in [6.07, 6.45) is 1.17. The molecule has 0 aliphatic heterocycles. The maximum Gasteiger partial charge on any atom is 0.292 e. The van der Waals surface area contributed by atoms with Crippen LogP contribution >= 0.6 is 0 Å². The maximum atomic E-state index is 10.9. The lowest BCUT2D eigenvalue weighted by atomic mass is 10.1. The third-order valence-corrected chi connectivity index (χ3v) is 3.65. The van der Waals surface area contributed by atoms with Gasteiger partial charge in [0, 0.05) is 26.2 Å². The Bertz CT molecular complexity index is 449. The number of nitrogens with zero attached hydrogens (tertiary/aromatic N) is 2. The molecule has 1 unspecified atom stereocenters. The van der Waals surface area contributed by atoms with Gasteiger partial charge in [-0.1, -0.05) is 33.3 Å². The van der Waals surface area contributed by atoms with Gasteiger partial charge in [0.25, 0.3) is 5.69 Å². The highest BCUT2D eigenvalue weighted by molar-refractivity contribution is 5.62. The van der Waals surface area contributed by atoms with E-state index in [-0.39, 0.29) is 10.6 Å². The van der Waals surface area contributed by atoms with E-state index in [0.29, 0.717) is 11.6 Å². The lowest BCUT2D eigenvalue weighted by Crippen LogP contribution is -2.27. The molecule has 20 heavy (non-hydrogen) atoms. The van der Waals surface area contributed by atoms with Gasteiger partial charge in [0.15, 0.2) is 0 Å². The zero-order chi connectivity index (χ0) is 15.1. The molecule has 5 heteroatoms. The van der Waals surface area contributed by atoms with Gasteiger partial charge in [-0.2, -0.15) is 0 Å². The number of nitro groups is 1. The monoisotopic (exact) mass is 279 g/mol. The van der Waals surface area contributed by atoms with Crippen molar-refractivity contribution in [3.63, 3.8) is 0 Å². The van der Waals surface area contributed by atoms with Gasteiger partial charge in [-0.3, -0.25) is 15.0 Å². The second-order valence-electron chi connectivity index (χ2n) is 5.20. The van der Waals surface area contributed by atoms with E-state index in [1.165, 1.54) is 6.42 Å². The molecule has 0 heterocycles. The van der Waals surface area contributed by atoms with E-state index in [9.17, 15) is 10.1 Å².